The number of halogens is 3. The van der Waals surface area contributed by atoms with Gasteiger partial charge < -0.3 is 10.2 Å². The van der Waals surface area contributed by atoms with E-state index in [-0.39, 0.29) is 50.2 Å². The van der Waals surface area contributed by atoms with Crippen molar-refractivity contribution in [3.8, 4) is 0 Å². The molecule has 2 aliphatic heterocycles. The lowest BCUT2D eigenvalue weighted by Crippen LogP contribution is -2.45. The van der Waals surface area contributed by atoms with Crippen LogP contribution in [0.15, 0.2) is 0 Å². The maximum Gasteiger partial charge on any atom is 0.251 e. The Labute approximate surface area is 100.0 Å². The third kappa shape index (κ3) is 3.04. The molecule has 0 aromatic carbocycles. The quantitative estimate of drug-likeness (QED) is 0.765. The van der Waals surface area contributed by atoms with Gasteiger partial charge >= 0.3 is 0 Å². The molecule has 16 heavy (non-hydrogen) atoms. The zero-order valence-electron chi connectivity index (χ0n) is 9.05. The number of piperidine rings is 1. The van der Waals surface area contributed by atoms with Crippen molar-refractivity contribution < 1.29 is 13.6 Å². The Morgan fingerprint density at radius 3 is 2.44 bits per heavy atom. The van der Waals surface area contributed by atoms with Crippen LogP contribution in [0.4, 0.5) is 8.78 Å². The van der Waals surface area contributed by atoms with Crippen molar-refractivity contribution in [1.29, 1.82) is 0 Å². The molecule has 3 nitrogen and oxygen atoms in total. The number of carbonyl (C=O) groups is 1. The maximum absolute atomic E-state index is 12.9. The second-order valence-corrected chi connectivity index (χ2v) is 4.37. The summed E-state index contributed by atoms with van der Waals surface area (Å²) in [5, 5.41) is 3.11. The molecular formula is C10H17ClF2N2O. The van der Waals surface area contributed by atoms with E-state index in [4.69, 9.17) is 0 Å². The molecule has 2 fully saturated rings. The zero-order valence-corrected chi connectivity index (χ0v) is 9.86. The van der Waals surface area contributed by atoms with Crippen LogP contribution in [0, 0.1) is 5.92 Å². The summed E-state index contributed by atoms with van der Waals surface area (Å²) in [5.41, 5.74) is 0. The normalized spacial score (nSPS) is 28.6. The Bertz CT molecular complexity index is 247. The predicted octanol–water partition coefficient (Wildman–Crippen LogP) is 1.28. The van der Waals surface area contributed by atoms with Crippen LogP contribution in [-0.4, -0.2) is 42.9 Å². The summed E-state index contributed by atoms with van der Waals surface area (Å²) in [7, 11) is 0. The predicted molar refractivity (Wildman–Crippen MR) is 59.0 cm³/mol. The molecule has 94 valence electrons. The molecule has 0 aromatic heterocycles. The molecule has 1 atom stereocenters. The van der Waals surface area contributed by atoms with E-state index in [1.807, 2.05) is 0 Å². The molecule has 0 aromatic rings. The van der Waals surface area contributed by atoms with E-state index in [1.54, 1.807) is 4.90 Å². The molecule has 0 saturated carbocycles. The number of hydrogen-bond acceptors (Lipinski definition) is 2. The summed E-state index contributed by atoms with van der Waals surface area (Å²) in [6, 6.07) is 0. The number of rotatable bonds is 1. The minimum absolute atomic E-state index is 0. The molecule has 0 bridgehead atoms. The van der Waals surface area contributed by atoms with Gasteiger partial charge in [0, 0.05) is 32.5 Å². The highest BCUT2D eigenvalue weighted by Crippen LogP contribution is 2.28. The standard InChI is InChI=1S/C10H16F2N2O.ClH/c11-10(12)2-5-14(6-3-10)9(15)8-1-4-13-7-8;/h8,13H,1-7H2;1H. The molecular weight excluding hydrogens is 238 g/mol. The van der Waals surface area contributed by atoms with Crippen LogP contribution < -0.4 is 5.32 Å². The molecule has 2 aliphatic rings. The highest BCUT2D eigenvalue weighted by atomic mass is 35.5. The maximum atomic E-state index is 12.9. The van der Waals surface area contributed by atoms with Crippen LogP contribution in [-0.2, 0) is 4.79 Å². The van der Waals surface area contributed by atoms with Gasteiger partial charge in [-0.25, -0.2) is 8.78 Å². The Morgan fingerprint density at radius 2 is 1.94 bits per heavy atom. The van der Waals surface area contributed by atoms with Crippen LogP contribution in [0.5, 0.6) is 0 Å². The van der Waals surface area contributed by atoms with E-state index >= 15 is 0 Å². The van der Waals surface area contributed by atoms with E-state index < -0.39 is 5.92 Å². The van der Waals surface area contributed by atoms with Gasteiger partial charge in [-0.05, 0) is 13.0 Å². The number of carbonyl (C=O) groups excluding carboxylic acids is 1. The van der Waals surface area contributed by atoms with Gasteiger partial charge in [0.05, 0.1) is 5.92 Å². The number of amides is 1. The van der Waals surface area contributed by atoms with Gasteiger partial charge in [-0.3, -0.25) is 4.79 Å². The Balaban J connectivity index is 0.00000128. The third-order valence-electron chi connectivity index (χ3n) is 3.22. The summed E-state index contributed by atoms with van der Waals surface area (Å²) in [5.74, 6) is -2.50. The van der Waals surface area contributed by atoms with Crippen LogP contribution in [0.2, 0.25) is 0 Å². The second-order valence-electron chi connectivity index (χ2n) is 4.37. The fraction of sp³-hybridized carbons (Fsp3) is 0.900. The third-order valence-corrected chi connectivity index (χ3v) is 3.22. The minimum atomic E-state index is -2.56. The second kappa shape index (κ2) is 5.27. The average molecular weight is 255 g/mol. The number of nitrogens with one attached hydrogen (secondary N) is 1. The monoisotopic (exact) mass is 254 g/mol. The van der Waals surface area contributed by atoms with E-state index in [0.29, 0.717) is 6.54 Å². The summed E-state index contributed by atoms with van der Waals surface area (Å²) in [6.07, 6.45) is 0.476. The molecule has 0 radical (unpaired) electrons. The Morgan fingerprint density at radius 1 is 1.31 bits per heavy atom. The smallest absolute Gasteiger partial charge is 0.251 e. The lowest BCUT2D eigenvalue weighted by atomic mass is 10.0. The topological polar surface area (TPSA) is 32.3 Å². The first-order valence-electron chi connectivity index (χ1n) is 5.46. The van der Waals surface area contributed by atoms with Crippen molar-refractivity contribution >= 4 is 18.3 Å². The first-order valence-corrected chi connectivity index (χ1v) is 5.46. The summed E-state index contributed by atoms with van der Waals surface area (Å²) >= 11 is 0. The van der Waals surface area contributed by atoms with Crippen molar-refractivity contribution in [3.05, 3.63) is 0 Å². The lowest BCUT2D eigenvalue weighted by Gasteiger charge is -2.33. The van der Waals surface area contributed by atoms with Gasteiger partial charge in [0.1, 0.15) is 0 Å². The fourth-order valence-corrected chi connectivity index (χ4v) is 2.18. The van der Waals surface area contributed by atoms with Crippen molar-refractivity contribution in [2.75, 3.05) is 26.2 Å². The summed E-state index contributed by atoms with van der Waals surface area (Å²) < 4.78 is 25.7. The van der Waals surface area contributed by atoms with Crippen LogP contribution in [0.25, 0.3) is 0 Å². The Kier molecular flexibility index (Phi) is 4.50. The molecule has 2 heterocycles. The molecule has 1 unspecified atom stereocenters. The van der Waals surface area contributed by atoms with Gasteiger partial charge in [-0.2, -0.15) is 0 Å². The molecule has 2 rings (SSSR count). The van der Waals surface area contributed by atoms with E-state index in [1.165, 1.54) is 0 Å². The van der Waals surface area contributed by atoms with Gasteiger partial charge in [-0.15, -0.1) is 12.4 Å². The zero-order chi connectivity index (χ0) is 10.9. The fourth-order valence-electron chi connectivity index (χ4n) is 2.18. The largest absolute Gasteiger partial charge is 0.342 e. The first-order chi connectivity index (χ1) is 7.08. The highest BCUT2D eigenvalue weighted by molar-refractivity contribution is 5.85. The van der Waals surface area contributed by atoms with Crippen LogP contribution in [0.1, 0.15) is 19.3 Å². The minimum Gasteiger partial charge on any atom is -0.342 e. The van der Waals surface area contributed by atoms with E-state index in [9.17, 15) is 13.6 Å². The molecule has 2 saturated heterocycles. The summed E-state index contributed by atoms with van der Waals surface area (Å²) in [4.78, 5) is 13.4. The number of nitrogens with zero attached hydrogens (tertiary/aromatic N) is 1. The number of likely N-dealkylation sites (tertiary alicyclic amines) is 1. The molecule has 0 aliphatic carbocycles. The van der Waals surface area contributed by atoms with Crippen LogP contribution in [0.3, 0.4) is 0 Å². The summed E-state index contributed by atoms with van der Waals surface area (Å²) in [6.45, 7) is 1.98. The molecule has 0 spiro atoms. The Hall–Kier alpha value is -0.420. The van der Waals surface area contributed by atoms with Gasteiger partial charge in [0.2, 0.25) is 5.91 Å². The van der Waals surface area contributed by atoms with E-state index in [2.05, 4.69) is 5.32 Å². The molecule has 1 N–H and O–H groups in total. The van der Waals surface area contributed by atoms with Crippen molar-refractivity contribution in [3.63, 3.8) is 0 Å². The van der Waals surface area contributed by atoms with E-state index in [0.717, 1.165) is 13.0 Å². The molecule has 6 heteroatoms. The lowest BCUT2D eigenvalue weighted by molar-refractivity contribution is -0.140. The highest BCUT2D eigenvalue weighted by Gasteiger charge is 2.37. The van der Waals surface area contributed by atoms with Crippen molar-refractivity contribution in [1.82, 2.24) is 10.2 Å². The number of hydrogen-bond donors (Lipinski definition) is 1. The number of alkyl halides is 2. The van der Waals surface area contributed by atoms with Crippen LogP contribution >= 0.6 is 12.4 Å². The average Bonchev–Trinajstić information content (AvgIpc) is 2.69. The van der Waals surface area contributed by atoms with Crippen molar-refractivity contribution in [2.45, 2.75) is 25.2 Å². The first kappa shape index (κ1) is 13.6. The van der Waals surface area contributed by atoms with Gasteiger partial charge in [0.15, 0.2) is 0 Å². The molecule has 1 amide bonds. The van der Waals surface area contributed by atoms with Gasteiger partial charge in [0.25, 0.3) is 5.92 Å². The van der Waals surface area contributed by atoms with Crippen molar-refractivity contribution in [2.24, 2.45) is 5.92 Å². The SMILES string of the molecule is Cl.O=C(C1CCNC1)N1CCC(F)(F)CC1. The van der Waals surface area contributed by atoms with Gasteiger partial charge in [-0.1, -0.05) is 0 Å².